The Morgan fingerprint density at radius 3 is 2.67 bits per heavy atom. The molecule has 1 saturated heterocycles. The van der Waals surface area contributed by atoms with E-state index in [0.717, 1.165) is 0 Å². The number of rotatable bonds is 4. The van der Waals surface area contributed by atoms with E-state index >= 15 is 0 Å². The van der Waals surface area contributed by atoms with Gasteiger partial charge in [0, 0.05) is 26.1 Å². The molecule has 0 saturated carbocycles. The van der Waals surface area contributed by atoms with Crippen molar-refractivity contribution in [3.05, 3.63) is 35.6 Å². The number of benzene rings is 1. The number of urea groups is 1. The molecular formula is C15H19FN2O3. The van der Waals surface area contributed by atoms with E-state index < -0.39 is 5.97 Å². The molecule has 1 heterocycles. The fourth-order valence-electron chi connectivity index (χ4n) is 2.52. The van der Waals surface area contributed by atoms with Gasteiger partial charge in [-0.05, 0) is 36.5 Å². The van der Waals surface area contributed by atoms with Crippen molar-refractivity contribution in [1.29, 1.82) is 0 Å². The van der Waals surface area contributed by atoms with Crippen molar-refractivity contribution < 1.29 is 19.1 Å². The molecule has 1 fully saturated rings. The second-order valence-electron chi connectivity index (χ2n) is 5.32. The van der Waals surface area contributed by atoms with Gasteiger partial charge in [0.15, 0.2) is 0 Å². The van der Waals surface area contributed by atoms with Crippen LogP contribution in [-0.2, 0) is 11.3 Å². The third-order valence-electron chi connectivity index (χ3n) is 3.70. The van der Waals surface area contributed by atoms with Gasteiger partial charge in [-0.2, -0.15) is 0 Å². The van der Waals surface area contributed by atoms with Crippen LogP contribution in [0.15, 0.2) is 24.3 Å². The molecule has 21 heavy (non-hydrogen) atoms. The first-order valence-electron chi connectivity index (χ1n) is 7.03. The topological polar surface area (TPSA) is 69.6 Å². The number of hydrogen-bond donors (Lipinski definition) is 2. The summed E-state index contributed by atoms with van der Waals surface area (Å²) in [5.41, 5.74) is 0.712. The summed E-state index contributed by atoms with van der Waals surface area (Å²) < 4.78 is 13.0. The highest BCUT2D eigenvalue weighted by atomic mass is 19.1. The highest BCUT2D eigenvalue weighted by Gasteiger charge is 2.24. The Kier molecular flexibility index (Phi) is 5.14. The van der Waals surface area contributed by atoms with Crippen LogP contribution in [0.1, 0.15) is 24.8 Å². The van der Waals surface area contributed by atoms with Crippen LogP contribution in [-0.4, -0.2) is 35.1 Å². The van der Waals surface area contributed by atoms with Gasteiger partial charge in [-0.25, -0.2) is 9.18 Å². The molecule has 0 unspecified atom stereocenters. The van der Waals surface area contributed by atoms with Gasteiger partial charge in [0.25, 0.3) is 0 Å². The third-order valence-corrected chi connectivity index (χ3v) is 3.70. The molecule has 0 aliphatic carbocycles. The average molecular weight is 294 g/mol. The zero-order valence-electron chi connectivity index (χ0n) is 11.7. The number of carboxylic acids is 1. The molecule has 0 radical (unpaired) electrons. The lowest BCUT2D eigenvalue weighted by Crippen LogP contribution is -2.44. The SMILES string of the molecule is O=C(O)CC1CCN(C(=O)NCc2cccc(F)c2)CC1. The second-order valence-corrected chi connectivity index (χ2v) is 5.32. The van der Waals surface area contributed by atoms with E-state index in [-0.39, 0.29) is 30.7 Å². The first kappa shape index (κ1) is 15.3. The van der Waals surface area contributed by atoms with Crippen LogP contribution >= 0.6 is 0 Å². The maximum atomic E-state index is 13.0. The maximum Gasteiger partial charge on any atom is 0.317 e. The number of amides is 2. The van der Waals surface area contributed by atoms with Gasteiger partial charge < -0.3 is 15.3 Å². The van der Waals surface area contributed by atoms with Crippen LogP contribution in [0.4, 0.5) is 9.18 Å². The summed E-state index contributed by atoms with van der Waals surface area (Å²) in [5.74, 6) is -0.963. The molecule has 0 atom stereocenters. The van der Waals surface area contributed by atoms with Gasteiger partial charge in [-0.15, -0.1) is 0 Å². The molecule has 1 aliphatic rings. The minimum absolute atomic E-state index is 0.148. The second kappa shape index (κ2) is 7.06. The van der Waals surface area contributed by atoms with E-state index in [1.165, 1.54) is 12.1 Å². The zero-order valence-corrected chi connectivity index (χ0v) is 11.7. The van der Waals surface area contributed by atoms with E-state index in [1.54, 1.807) is 17.0 Å². The Balaban J connectivity index is 1.76. The summed E-state index contributed by atoms with van der Waals surface area (Å²) in [6.07, 6.45) is 1.58. The molecule has 2 amide bonds. The summed E-state index contributed by atoms with van der Waals surface area (Å²) in [4.78, 5) is 24.3. The van der Waals surface area contributed by atoms with E-state index in [2.05, 4.69) is 5.32 Å². The summed E-state index contributed by atoms with van der Waals surface area (Å²) in [5, 5.41) is 11.5. The van der Waals surface area contributed by atoms with Crippen molar-refractivity contribution in [2.24, 2.45) is 5.92 Å². The number of piperidine rings is 1. The standard InChI is InChI=1S/C15H19FN2O3/c16-13-3-1-2-12(8-13)10-17-15(21)18-6-4-11(5-7-18)9-14(19)20/h1-3,8,11H,4-7,9-10H2,(H,17,21)(H,19,20). The quantitative estimate of drug-likeness (QED) is 0.894. The normalized spacial score (nSPS) is 15.8. The highest BCUT2D eigenvalue weighted by Crippen LogP contribution is 2.20. The van der Waals surface area contributed by atoms with Gasteiger partial charge in [0.2, 0.25) is 0 Å². The molecule has 1 aromatic carbocycles. The van der Waals surface area contributed by atoms with E-state index in [0.29, 0.717) is 31.5 Å². The number of hydrogen-bond acceptors (Lipinski definition) is 2. The Labute approximate surface area is 122 Å². The first-order chi connectivity index (χ1) is 10.0. The van der Waals surface area contributed by atoms with Crippen LogP contribution < -0.4 is 5.32 Å². The Morgan fingerprint density at radius 2 is 2.05 bits per heavy atom. The van der Waals surface area contributed by atoms with Crippen LogP contribution in [0.3, 0.4) is 0 Å². The van der Waals surface area contributed by atoms with Crippen LogP contribution in [0, 0.1) is 11.7 Å². The molecule has 2 rings (SSSR count). The van der Waals surface area contributed by atoms with Crippen molar-refractivity contribution in [2.75, 3.05) is 13.1 Å². The molecule has 6 heteroatoms. The van der Waals surface area contributed by atoms with E-state index in [1.807, 2.05) is 0 Å². The summed E-state index contributed by atoms with van der Waals surface area (Å²) in [6, 6.07) is 5.92. The lowest BCUT2D eigenvalue weighted by molar-refractivity contribution is -0.138. The van der Waals surface area contributed by atoms with Gasteiger partial charge in [0.05, 0.1) is 0 Å². The monoisotopic (exact) mass is 294 g/mol. The summed E-state index contributed by atoms with van der Waals surface area (Å²) >= 11 is 0. The Bertz CT molecular complexity index is 513. The molecule has 114 valence electrons. The molecule has 5 nitrogen and oxygen atoms in total. The van der Waals surface area contributed by atoms with Crippen LogP contribution in [0.2, 0.25) is 0 Å². The number of halogens is 1. The molecule has 0 aromatic heterocycles. The van der Waals surface area contributed by atoms with Gasteiger partial charge in [-0.3, -0.25) is 4.79 Å². The van der Waals surface area contributed by atoms with Gasteiger partial charge >= 0.3 is 12.0 Å². The number of carbonyl (C=O) groups excluding carboxylic acids is 1. The fraction of sp³-hybridized carbons (Fsp3) is 0.467. The van der Waals surface area contributed by atoms with Crippen molar-refractivity contribution in [2.45, 2.75) is 25.8 Å². The number of carboxylic acid groups (broad SMARTS) is 1. The average Bonchev–Trinajstić information content (AvgIpc) is 2.45. The smallest absolute Gasteiger partial charge is 0.317 e. The molecule has 2 N–H and O–H groups in total. The van der Waals surface area contributed by atoms with Crippen LogP contribution in [0.5, 0.6) is 0 Å². The predicted octanol–water partition coefficient (Wildman–Crippen LogP) is 2.22. The number of nitrogens with one attached hydrogen (secondary N) is 1. The molecule has 1 aliphatic heterocycles. The zero-order chi connectivity index (χ0) is 15.2. The minimum atomic E-state index is -0.788. The molecule has 0 bridgehead atoms. The largest absolute Gasteiger partial charge is 0.481 e. The highest BCUT2D eigenvalue weighted by molar-refractivity contribution is 5.74. The van der Waals surface area contributed by atoms with E-state index in [9.17, 15) is 14.0 Å². The number of carbonyl (C=O) groups is 2. The lowest BCUT2D eigenvalue weighted by Gasteiger charge is -2.31. The summed E-state index contributed by atoms with van der Waals surface area (Å²) in [6.45, 7) is 1.41. The number of likely N-dealkylation sites (tertiary alicyclic amines) is 1. The Hall–Kier alpha value is -2.11. The fourth-order valence-corrected chi connectivity index (χ4v) is 2.52. The molecular weight excluding hydrogens is 275 g/mol. The summed E-state index contributed by atoms with van der Waals surface area (Å²) in [7, 11) is 0. The third kappa shape index (κ3) is 4.73. The molecule has 0 spiro atoms. The first-order valence-corrected chi connectivity index (χ1v) is 7.03. The van der Waals surface area contributed by atoms with Gasteiger partial charge in [-0.1, -0.05) is 12.1 Å². The van der Waals surface area contributed by atoms with E-state index in [4.69, 9.17) is 5.11 Å². The minimum Gasteiger partial charge on any atom is -0.481 e. The number of aliphatic carboxylic acids is 1. The van der Waals surface area contributed by atoms with Crippen LogP contribution in [0.25, 0.3) is 0 Å². The van der Waals surface area contributed by atoms with Crippen molar-refractivity contribution >= 4 is 12.0 Å². The Morgan fingerprint density at radius 1 is 1.33 bits per heavy atom. The molecule has 1 aromatic rings. The maximum absolute atomic E-state index is 13.0. The van der Waals surface area contributed by atoms with Crippen molar-refractivity contribution in [3.8, 4) is 0 Å². The van der Waals surface area contributed by atoms with Crippen molar-refractivity contribution in [3.63, 3.8) is 0 Å². The number of nitrogens with zero attached hydrogens (tertiary/aromatic N) is 1. The predicted molar refractivity (Wildman–Crippen MR) is 75.2 cm³/mol. The van der Waals surface area contributed by atoms with Crippen molar-refractivity contribution in [1.82, 2.24) is 10.2 Å². The lowest BCUT2D eigenvalue weighted by atomic mass is 9.94. The van der Waals surface area contributed by atoms with Gasteiger partial charge in [0.1, 0.15) is 5.82 Å².